The molecular weight excluding hydrogens is 638 g/mol. The van der Waals surface area contributed by atoms with Crippen LogP contribution >= 0.6 is 0 Å². The number of nitrogens with zero attached hydrogens (tertiary/aromatic N) is 3. The molecule has 12 heteroatoms. The van der Waals surface area contributed by atoms with Gasteiger partial charge in [-0.1, -0.05) is 77.4 Å². The topological polar surface area (TPSA) is 132 Å². The number of nitrogens with two attached hydrogens (primary N) is 2. The Morgan fingerprint density at radius 1 is 0.940 bits per heavy atom. The molecule has 4 fully saturated rings. The Bertz CT molecular complexity index is 1100. The smallest absolute Gasteiger partial charge is 0.240 e. The van der Waals surface area contributed by atoms with Crippen LogP contribution in [0.4, 0.5) is 8.78 Å². The minimum Gasteiger partial charge on any atom is -0.350 e. The van der Waals surface area contributed by atoms with E-state index >= 15 is 4.39 Å². The monoisotopic (exact) mass is 707 g/mol. The second kappa shape index (κ2) is 18.9. The molecule has 4 aliphatic heterocycles. The highest BCUT2D eigenvalue weighted by molar-refractivity contribution is 5.82. The van der Waals surface area contributed by atoms with E-state index in [1.54, 1.807) is 6.08 Å². The third-order valence-electron chi connectivity index (χ3n) is 12.6. The second-order valence-electron chi connectivity index (χ2n) is 16.0. The number of likely N-dealkylation sites (N-methyl/N-ethyl adjacent to an activating group) is 1. The molecule has 0 aromatic heterocycles. The van der Waals surface area contributed by atoms with Crippen LogP contribution < -0.4 is 27.4 Å². The lowest BCUT2D eigenvalue weighted by Crippen LogP contribution is -2.72. The molecular formula is C38H68F2N8O2. The van der Waals surface area contributed by atoms with E-state index in [1.165, 1.54) is 0 Å². The van der Waals surface area contributed by atoms with Crippen LogP contribution in [-0.2, 0) is 9.59 Å². The molecule has 286 valence electrons. The number of carbonyl (C=O) groups excluding carboxylic acids is 2. The maximum absolute atomic E-state index is 16.2. The Hall–Kier alpha value is -1.70. The Morgan fingerprint density at radius 3 is 2.40 bits per heavy atom. The number of rotatable bonds is 12. The normalized spacial score (nSPS) is 34.2. The van der Waals surface area contributed by atoms with Gasteiger partial charge in [0.1, 0.15) is 12.3 Å². The van der Waals surface area contributed by atoms with Crippen molar-refractivity contribution in [3.05, 3.63) is 12.2 Å². The molecule has 1 aliphatic carbocycles. The van der Waals surface area contributed by atoms with Crippen molar-refractivity contribution in [3.8, 4) is 0 Å². The average Bonchev–Trinajstić information content (AvgIpc) is 3.12. The molecule has 7 N–H and O–H groups in total. The van der Waals surface area contributed by atoms with E-state index in [2.05, 4.69) is 45.7 Å². The highest BCUT2D eigenvalue weighted by atomic mass is 19.1. The fourth-order valence-corrected chi connectivity index (χ4v) is 9.78. The predicted octanol–water partition coefficient (Wildman–Crippen LogP) is 3.21. The summed E-state index contributed by atoms with van der Waals surface area (Å²) >= 11 is 0. The number of hydrogen-bond donors (Lipinski definition) is 5. The third-order valence-corrected chi connectivity index (χ3v) is 12.6. The van der Waals surface area contributed by atoms with E-state index < -0.39 is 42.6 Å². The van der Waals surface area contributed by atoms with Crippen LogP contribution in [0.2, 0.25) is 0 Å². The summed E-state index contributed by atoms with van der Waals surface area (Å²) in [7, 11) is 0. The number of alkyl halides is 2. The summed E-state index contributed by atoms with van der Waals surface area (Å²) in [6.07, 6.45) is 14.5. The summed E-state index contributed by atoms with van der Waals surface area (Å²) in [5, 5.41) is 10.1. The van der Waals surface area contributed by atoms with Gasteiger partial charge in [0, 0.05) is 51.4 Å². The van der Waals surface area contributed by atoms with E-state index in [-0.39, 0.29) is 42.4 Å². The minimum absolute atomic E-state index is 0.0668. The molecule has 0 radical (unpaired) electrons. The molecule has 4 heterocycles. The van der Waals surface area contributed by atoms with Crippen LogP contribution in [0.15, 0.2) is 12.2 Å². The molecule has 1 spiro atoms. The highest BCUT2D eigenvalue weighted by Crippen LogP contribution is 2.43. The third kappa shape index (κ3) is 9.83. The van der Waals surface area contributed by atoms with Crippen molar-refractivity contribution in [2.24, 2.45) is 22.8 Å². The largest absolute Gasteiger partial charge is 0.350 e. The quantitative estimate of drug-likeness (QED) is 0.119. The van der Waals surface area contributed by atoms with Gasteiger partial charge in [-0.15, -0.1) is 0 Å². The van der Waals surface area contributed by atoms with Crippen molar-refractivity contribution in [1.82, 2.24) is 30.7 Å². The molecule has 8 unspecified atom stereocenters. The van der Waals surface area contributed by atoms with Crippen LogP contribution in [0, 0.1) is 11.3 Å². The summed E-state index contributed by atoms with van der Waals surface area (Å²) in [5.74, 6) is -0.904. The second-order valence-corrected chi connectivity index (χ2v) is 16.0. The van der Waals surface area contributed by atoms with E-state index in [4.69, 9.17) is 11.5 Å². The molecule has 5 rings (SSSR count). The number of likely N-dealkylation sites (tertiary alicyclic amines) is 1. The van der Waals surface area contributed by atoms with Gasteiger partial charge in [0.25, 0.3) is 0 Å². The van der Waals surface area contributed by atoms with Crippen LogP contribution in [0.5, 0.6) is 0 Å². The number of piperidine rings is 2. The Labute approximate surface area is 300 Å². The number of piperazine rings is 1. The summed E-state index contributed by atoms with van der Waals surface area (Å²) in [5.41, 5.74) is 12.6. The fourth-order valence-electron chi connectivity index (χ4n) is 9.78. The zero-order valence-electron chi connectivity index (χ0n) is 31.0. The lowest BCUT2D eigenvalue weighted by Gasteiger charge is -2.50. The van der Waals surface area contributed by atoms with Gasteiger partial charge < -0.3 is 32.3 Å². The van der Waals surface area contributed by atoms with Gasteiger partial charge in [-0.2, -0.15) is 0 Å². The SMILES string of the molecule is CCCCCCC1NCC(F)C(N2CCN(C(=O)C3CCCCN3CC)CC2)C1NC(=O)C(C(N)N)C1CC2(/C=C\C(F)CN1)CCCCC2. The number of hydrogen-bond acceptors (Lipinski definition) is 8. The Balaban J connectivity index is 1.33. The first-order valence-electron chi connectivity index (χ1n) is 20.2. The number of carbonyl (C=O) groups is 2. The van der Waals surface area contributed by atoms with Crippen molar-refractivity contribution < 1.29 is 18.4 Å². The highest BCUT2D eigenvalue weighted by Gasteiger charge is 2.47. The van der Waals surface area contributed by atoms with E-state index in [9.17, 15) is 14.0 Å². The summed E-state index contributed by atoms with van der Waals surface area (Å²) in [6, 6.07) is -1.64. The van der Waals surface area contributed by atoms with Crippen molar-refractivity contribution in [3.63, 3.8) is 0 Å². The maximum atomic E-state index is 16.2. The van der Waals surface area contributed by atoms with Crippen molar-refractivity contribution in [1.29, 1.82) is 0 Å². The van der Waals surface area contributed by atoms with Crippen molar-refractivity contribution >= 4 is 11.8 Å². The summed E-state index contributed by atoms with van der Waals surface area (Å²) in [4.78, 5) is 34.6. The number of amides is 2. The number of halogens is 2. The number of allylic oxidation sites excluding steroid dienone is 1. The van der Waals surface area contributed by atoms with Crippen LogP contribution in [0.25, 0.3) is 0 Å². The predicted molar refractivity (Wildman–Crippen MR) is 196 cm³/mol. The molecule has 0 bridgehead atoms. The van der Waals surface area contributed by atoms with Crippen molar-refractivity contribution in [2.45, 2.75) is 152 Å². The molecule has 0 aromatic carbocycles. The first-order valence-corrected chi connectivity index (χ1v) is 20.2. The molecule has 0 aromatic rings. The van der Waals surface area contributed by atoms with Crippen LogP contribution in [0.3, 0.4) is 0 Å². The molecule has 3 saturated heterocycles. The van der Waals surface area contributed by atoms with Gasteiger partial charge in [0.2, 0.25) is 11.8 Å². The zero-order chi connectivity index (χ0) is 35.7. The zero-order valence-corrected chi connectivity index (χ0v) is 31.0. The molecule has 2 amide bonds. The van der Waals surface area contributed by atoms with E-state index in [0.717, 1.165) is 96.6 Å². The molecule has 10 nitrogen and oxygen atoms in total. The first kappa shape index (κ1) is 39.5. The van der Waals surface area contributed by atoms with Crippen LogP contribution in [0.1, 0.15) is 104 Å². The Kier molecular flexibility index (Phi) is 14.9. The first-order chi connectivity index (χ1) is 24.2. The van der Waals surface area contributed by atoms with E-state index in [1.807, 2.05) is 4.90 Å². The molecule has 5 aliphatic rings. The number of nitrogens with one attached hydrogen (secondary N) is 3. The van der Waals surface area contributed by atoms with Gasteiger partial charge in [0.15, 0.2) is 0 Å². The van der Waals surface area contributed by atoms with Gasteiger partial charge in [0.05, 0.1) is 30.2 Å². The van der Waals surface area contributed by atoms with E-state index in [0.29, 0.717) is 32.6 Å². The molecule has 8 atom stereocenters. The Morgan fingerprint density at radius 2 is 1.70 bits per heavy atom. The fraction of sp³-hybridized carbons (Fsp3) is 0.895. The lowest BCUT2D eigenvalue weighted by molar-refractivity contribution is -0.141. The summed E-state index contributed by atoms with van der Waals surface area (Å²) < 4.78 is 31.2. The standard InChI is InChI=1S/C38H68F2N8O2/c1-3-5-6-8-13-29-33(45-36(49)32(35(41)42)30-24-38(16-10-7-11-17-38)18-15-27(39)25-43-30)34(28(40)26-44-29)47-20-22-48(23-21-47)37(50)31-14-9-12-19-46(31)4-2/h15,18,27-35,43-44H,3-14,16-17,19-26,41-42H2,1-2H3,(H,45,49)/b18-15-. The van der Waals surface area contributed by atoms with Gasteiger partial charge in [-0.05, 0) is 57.0 Å². The maximum Gasteiger partial charge on any atom is 0.240 e. The molecule has 1 saturated carbocycles. The average molecular weight is 707 g/mol. The molecule has 50 heavy (non-hydrogen) atoms. The van der Waals surface area contributed by atoms with Gasteiger partial charge in [-0.3, -0.25) is 19.4 Å². The van der Waals surface area contributed by atoms with Crippen molar-refractivity contribution in [2.75, 3.05) is 52.4 Å². The van der Waals surface area contributed by atoms with Crippen LogP contribution in [-0.4, -0.2) is 128 Å². The van der Waals surface area contributed by atoms with Gasteiger partial charge in [-0.25, -0.2) is 8.78 Å². The lowest BCUT2D eigenvalue weighted by atomic mass is 9.67. The number of unbranched alkanes of at least 4 members (excludes halogenated alkanes) is 3. The summed E-state index contributed by atoms with van der Waals surface area (Å²) in [6.45, 7) is 8.65. The van der Waals surface area contributed by atoms with Gasteiger partial charge >= 0.3 is 0 Å². The minimum atomic E-state index is -1.20.